The number of nitrogens with one attached hydrogen (secondary N) is 1. The van der Waals surface area contributed by atoms with Crippen LogP contribution in [0.3, 0.4) is 0 Å². The minimum Gasteiger partial charge on any atom is -0.352 e. The van der Waals surface area contributed by atoms with Gasteiger partial charge in [-0.25, -0.2) is 0 Å². The molecule has 1 rings (SSSR count). The van der Waals surface area contributed by atoms with E-state index in [1.54, 1.807) is 0 Å². The second-order valence-electron chi connectivity index (χ2n) is 6.95. The summed E-state index contributed by atoms with van der Waals surface area (Å²) in [6, 6.07) is 9.36. The lowest BCUT2D eigenvalue weighted by molar-refractivity contribution is 0.0923. The molecule has 0 atom stereocenters. The van der Waals surface area contributed by atoms with Gasteiger partial charge in [0.15, 0.2) is 0 Å². The molecule has 0 spiro atoms. The van der Waals surface area contributed by atoms with E-state index in [1.807, 2.05) is 30.3 Å². The van der Waals surface area contributed by atoms with Gasteiger partial charge in [0.05, 0.1) is 0 Å². The molecule has 2 heteroatoms. The second kappa shape index (κ2) is 5.55. The standard InChI is InChI=1S/C16H25NO/c1-15(2,3)11-16(4,5)12-17-14(18)13-9-7-6-8-10-13/h6-10H,11-12H2,1-5H3,(H,17,18). The average Bonchev–Trinajstić information content (AvgIpc) is 2.24. The molecular formula is C16H25NO. The van der Waals surface area contributed by atoms with Crippen molar-refractivity contribution in [2.45, 2.75) is 41.0 Å². The summed E-state index contributed by atoms with van der Waals surface area (Å²) in [5, 5.41) is 3.02. The van der Waals surface area contributed by atoms with Crippen LogP contribution in [0.25, 0.3) is 0 Å². The van der Waals surface area contributed by atoms with Gasteiger partial charge in [0.25, 0.3) is 5.91 Å². The van der Waals surface area contributed by atoms with Gasteiger partial charge in [-0.3, -0.25) is 4.79 Å². The van der Waals surface area contributed by atoms with Crippen LogP contribution >= 0.6 is 0 Å². The molecule has 0 unspecified atom stereocenters. The Kier molecular flexibility index (Phi) is 4.55. The van der Waals surface area contributed by atoms with Crippen LogP contribution < -0.4 is 5.32 Å². The van der Waals surface area contributed by atoms with Gasteiger partial charge in [0.2, 0.25) is 0 Å². The van der Waals surface area contributed by atoms with E-state index in [1.165, 1.54) is 0 Å². The van der Waals surface area contributed by atoms with Crippen molar-refractivity contribution in [2.24, 2.45) is 10.8 Å². The first-order valence-electron chi connectivity index (χ1n) is 6.53. The lowest BCUT2D eigenvalue weighted by atomic mass is 9.76. The zero-order valence-electron chi connectivity index (χ0n) is 12.2. The number of hydrogen-bond donors (Lipinski definition) is 1. The van der Waals surface area contributed by atoms with Crippen molar-refractivity contribution in [1.82, 2.24) is 5.32 Å². The van der Waals surface area contributed by atoms with Crippen LogP contribution in [0.15, 0.2) is 30.3 Å². The van der Waals surface area contributed by atoms with Crippen LogP contribution in [0.1, 0.15) is 51.4 Å². The fraction of sp³-hybridized carbons (Fsp3) is 0.562. The van der Waals surface area contributed by atoms with E-state index in [0.29, 0.717) is 6.54 Å². The number of amides is 1. The third-order valence-corrected chi connectivity index (χ3v) is 2.77. The SMILES string of the molecule is CC(C)(C)CC(C)(C)CNC(=O)c1ccccc1. The van der Waals surface area contributed by atoms with Crippen LogP contribution in [-0.4, -0.2) is 12.5 Å². The molecule has 0 aromatic heterocycles. The van der Waals surface area contributed by atoms with Crippen molar-refractivity contribution in [1.29, 1.82) is 0 Å². The predicted molar refractivity (Wildman–Crippen MR) is 76.6 cm³/mol. The highest BCUT2D eigenvalue weighted by atomic mass is 16.1. The van der Waals surface area contributed by atoms with Crippen LogP contribution in [0.2, 0.25) is 0 Å². The summed E-state index contributed by atoms with van der Waals surface area (Å²) < 4.78 is 0. The third kappa shape index (κ3) is 5.35. The largest absolute Gasteiger partial charge is 0.352 e. The highest BCUT2D eigenvalue weighted by Crippen LogP contribution is 2.32. The maximum Gasteiger partial charge on any atom is 0.251 e. The van der Waals surface area contributed by atoms with Gasteiger partial charge in [0, 0.05) is 12.1 Å². The number of carbonyl (C=O) groups excluding carboxylic acids is 1. The van der Waals surface area contributed by atoms with Crippen molar-refractivity contribution in [3.8, 4) is 0 Å². The molecule has 0 fully saturated rings. The number of rotatable bonds is 4. The topological polar surface area (TPSA) is 29.1 Å². The molecule has 100 valence electrons. The van der Waals surface area contributed by atoms with E-state index in [4.69, 9.17) is 0 Å². The maximum absolute atomic E-state index is 11.9. The summed E-state index contributed by atoms with van der Waals surface area (Å²) in [4.78, 5) is 11.9. The first-order valence-corrected chi connectivity index (χ1v) is 6.53. The van der Waals surface area contributed by atoms with E-state index in [0.717, 1.165) is 12.0 Å². The molecule has 0 heterocycles. The Bertz CT molecular complexity index is 387. The molecule has 0 saturated heterocycles. The van der Waals surface area contributed by atoms with E-state index >= 15 is 0 Å². The van der Waals surface area contributed by atoms with Crippen LogP contribution in [0.5, 0.6) is 0 Å². The molecule has 18 heavy (non-hydrogen) atoms. The highest BCUT2D eigenvalue weighted by Gasteiger charge is 2.25. The molecule has 1 aromatic rings. The van der Waals surface area contributed by atoms with Gasteiger partial charge in [-0.1, -0.05) is 52.8 Å². The van der Waals surface area contributed by atoms with Crippen LogP contribution in [0.4, 0.5) is 0 Å². The summed E-state index contributed by atoms with van der Waals surface area (Å²) in [5.74, 6) is 0.0117. The van der Waals surface area contributed by atoms with Crippen molar-refractivity contribution in [3.63, 3.8) is 0 Å². The molecule has 0 aliphatic heterocycles. The maximum atomic E-state index is 11.9. The summed E-state index contributed by atoms with van der Waals surface area (Å²) in [7, 11) is 0. The predicted octanol–water partition coefficient (Wildman–Crippen LogP) is 3.88. The molecule has 1 aromatic carbocycles. The smallest absolute Gasteiger partial charge is 0.251 e. The quantitative estimate of drug-likeness (QED) is 0.859. The Balaban J connectivity index is 2.53. The fourth-order valence-corrected chi connectivity index (χ4v) is 2.51. The molecular weight excluding hydrogens is 222 g/mol. The molecule has 0 aliphatic carbocycles. The van der Waals surface area contributed by atoms with Gasteiger partial charge in [-0.2, -0.15) is 0 Å². The molecule has 1 N–H and O–H groups in total. The van der Waals surface area contributed by atoms with Gasteiger partial charge in [0.1, 0.15) is 0 Å². The normalized spacial score (nSPS) is 12.3. The minimum absolute atomic E-state index is 0.0117. The second-order valence-corrected chi connectivity index (χ2v) is 6.95. The third-order valence-electron chi connectivity index (χ3n) is 2.77. The Morgan fingerprint density at radius 3 is 2.11 bits per heavy atom. The van der Waals surface area contributed by atoms with E-state index in [9.17, 15) is 4.79 Å². The van der Waals surface area contributed by atoms with Gasteiger partial charge >= 0.3 is 0 Å². The Labute approximate surface area is 111 Å². The van der Waals surface area contributed by atoms with Crippen LogP contribution in [-0.2, 0) is 0 Å². The molecule has 0 radical (unpaired) electrons. The Morgan fingerprint density at radius 2 is 1.61 bits per heavy atom. The van der Waals surface area contributed by atoms with Crippen molar-refractivity contribution < 1.29 is 4.79 Å². The summed E-state index contributed by atoms with van der Waals surface area (Å²) in [6.07, 6.45) is 1.08. The van der Waals surface area contributed by atoms with Crippen molar-refractivity contribution >= 4 is 5.91 Å². The van der Waals surface area contributed by atoms with Gasteiger partial charge in [-0.15, -0.1) is 0 Å². The average molecular weight is 247 g/mol. The Hall–Kier alpha value is -1.31. The zero-order chi connectivity index (χ0) is 13.8. The lowest BCUT2D eigenvalue weighted by Crippen LogP contribution is -2.36. The first kappa shape index (κ1) is 14.7. The number of carbonyl (C=O) groups is 1. The van der Waals surface area contributed by atoms with Crippen LogP contribution in [0, 0.1) is 10.8 Å². The molecule has 2 nitrogen and oxygen atoms in total. The van der Waals surface area contributed by atoms with Crippen molar-refractivity contribution in [2.75, 3.05) is 6.54 Å². The van der Waals surface area contributed by atoms with Gasteiger partial charge in [-0.05, 0) is 29.4 Å². The summed E-state index contributed by atoms with van der Waals surface area (Å²) >= 11 is 0. The van der Waals surface area contributed by atoms with E-state index in [2.05, 4.69) is 39.9 Å². The lowest BCUT2D eigenvalue weighted by Gasteiger charge is -2.32. The minimum atomic E-state index is 0.0117. The van der Waals surface area contributed by atoms with E-state index < -0.39 is 0 Å². The number of hydrogen-bond acceptors (Lipinski definition) is 1. The first-order chi connectivity index (χ1) is 8.20. The molecule has 0 saturated carbocycles. The molecule has 1 amide bonds. The summed E-state index contributed by atoms with van der Waals surface area (Å²) in [5.41, 5.74) is 1.12. The summed E-state index contributed by atoms with van der Waals surface area (Å²) in [6.45, 7) is 11.8. The Morgan fingerprint density at radius 1 is 1.06 bits per heavy atom. The fourth-order valence-electron chi connectivity index (χ4n) is 2.51. The van der Waals surface area contributed by atoms with Gasteiger partial charge < -0.3 is 5.32 Å². The monoisotopic (exact) mass is 247 g/mol. The molecule has 0 aliphatic rings. The number of benzene rings is 1. The van der Waals surface area contributed by atoms with Crippen molar-refractivity contribution in [3.05, 3.63) is 35.9 Å². The highest BCUT2D eigenvalue weighted by molar-refractivity contribution is 5.94. The zero-order valence-corrected chi connectivity index (χ0v) is 12.2. The van der Waals surface area contributed by atoms with E-state index in [-0.39, 0.29) is 16.7 Å². The molecule has 0 bridgehead atoms.